The van der Waals surface area contributed by atoms with Crippen LogP contribution in [0.2, 0.25) is 0 Å². The van der Waals surface area contributed by atoms with E-state index in [1.54, 1.807) is 11.8 Å². The first-order valence-corrected chi connectivity index (χ1v) is 8.29. The molecule has 0 radical (unpaired) electrons. The van der Waals surface area contributed by atoms with Crippen LogP contribution in [-0.4, -0.2) is 47.0 Å². The number of urea groups is 1. The summed E-state index contributed by atoms with van der Waals surface area (Å²) in [5.74, 6) is 0.471. The molecular formula is C18H24N4O2. The first-order valence-electron chi connectivity index (χ1n) is 8.29. The number of aryl methyl sites for hydroxylation is 1. The van der Waals surface area contributed by atoms with Gasteiger partial charge in [0.05, 0.1) is 23.2 Å². The summed E-state index contributed by atoms with van der Waals surface area (Å²) >= 11 is 0. The van der Waals surface area contributed by atoms with Crippen LogP contribution in [-0.2, 0) is 4.74 Å². The van der Waals surface area contributed by atoms with Crippen molar-refractivity contribution in [3.63, 3.8) is 0 Å². The summed E-state index contributed by atoms with van der Waals surface area (Å²) in [6.45, 7) is 5.47. The molecule has 6 heteroatoms. The third-order valence-corrected chi connectivity index (χ3v) is 4.59. The van der Waals surface area contributed by atoms with E-state index in [1.807, 2.05) is 48.4 Å². The third kappa shape index (κ3) is 3.43. The molecular weight excluding hydrogens is 304 g/mol. The zero-order valence-corrected chi connectivity index (χ0v) is 14.4. The molecule has 0 spiro atoms. The number of aromatic nitrogens is 2. The van der Waals surface area contributed by atoms with Crippen molar-refractivity contribution in [2.75, 3.05) is 25.5 Å². The number of benzene rings is 1. The molecule has 0 bridgehead atoms. The number of piperidine rings is 1. The van der Waals surface area contributed by atoms with Crippen molar-refractivity contribution in [1.82, 2.24) is 14.7 Å². The van der Waals surface area contributed by atoms with Crippen LogP contribution >= 0.6 is 0 Å². The monoisotopic (exact) mass is 328 g/mol. The molecule has 24 heavy (non-hydrogen) atoms. The number of hydrogen-bond donors (Lipinski definition) is 1. The number of carbonyl (C=O) groups is 1. The number of carbonyl (C=O) groups excluding carboxylic acids is 1. The van der Waals surface area contributed by atoms with Gasteiger partial charge >= 0.3 is 6.03 Å². The van der Waals surface area contributed by atoms with Gasteiger partial charge in [-0.15, -0.1) is 0 Å². The van der Waals surface area contributed by atoms with Gasteiger partial charge in [0, 0.05) is 26.4 Å². The van der Waals surface area contributed by atoms with E-state index in [9.17, 15) is 4.79 Å². The van der Waals surface area contributed by atoms with Gasteiger partial charge in [-0.05, 0) is 37.5 Å². The summed E-state index contributed by atoms with van der Waals surface area (Å²) in [7, 11) is 1.71. The summed E-state index contributed by atoms with van der Waals surface area (Å²) in [5, 5.41) is 7.45. The van der Waals surface area contributed by atoms with E-state index in [4.69, 9.17) is 4.74 Å². The Labute approximate surface area is 142 Å². The van der Waals surface area contributed by atoms with Crippen LogP contribution in [0, 0.1) is 12.8 Å². The van der Waals surface area contributed by atoms with Gasteiger partial charge in [0.2, 0.25) is 0 Å². The van der Waals surface area contributed by atoms with E-state index >= 15 is 0 Å². The number of nitrogens with one attached hydrogen (secondary N) is 1. The molecule has 2 heterocycles. The van der Waals surface area contributed by atoms with Gasteiger partial charge in [0.1, 0.15) is 0 Å². The Bertz CT molecular complexity index is 713. The topological polar surface area (TPSA) is 59.4 Å². The second kappa shape index (κ2) is 7.05. The number of nitrogens with zero attached hydrogens (tertiary/aromatic N) is 3. The Morgan fingerprint density at radius 3 is 2.83 bits per heavy atom. The molecule has 2 aromatic rings. The molecule has 1 aromatic heterocycles. The highest BCUT2D eigenvalue weighted by atomic mass is 16.5. The molecule has 2 atom stereocenters. The molecule has 1 saturated heterocycles. The average molecular weight is 328 g/mol. The van der Waals surface area contributed by atoms with Gasteiger partial charge in [-0.2, -0.15) is 5.10 Å². The maximum absolute atomic E-state index is 12.7. The van der Waals surface area contributed by atoms with E-state index in [1.165, 1.54) is 0 Å². The molecule has 0 aliphatic carbocycles. The van der Waals surface area contributed by atoms with Gasteiger partial charge < -0.3 is 15.0 Å². The Morgan fingerprint density at radius 2 is 2.12 bits per heavy atom. The van der Waals surface area contributed by atoms with E-state index in [0.29, 0.717) is 12.5 Å². The molecule has 0 saturated carbocycles. The molecule has 1 aliphatic heterocycles. The summed E-state index contributed by atoms with van der Waals surface area (Å²) < 4.78 is 7.27. The van der Waals surface area contributed by atoms with E-state index in [2.05, 4.69) is 17.3 Å². The molecule has 0 unspecified atom stereocenters. The summed E-state index contributed by atoms with van der Waals surface area (Å²) in [6, 6.07) is 9.52. The van der Waals surface area contributed by atoms with E-state index in [-0.39, 0.29) is 12.1 Å². The van der Waals surface area contributed by atoms with Gasteiger partial charge in [0.15, 0.2) is 0 Å². The summed E-state index contributed by atoms with van der Waals surface area (Å²) in [4.78, 5) is 14.5. The Balaban J connectivity index is 1.75. The lowest BCUT2D eigenvalue weighted by Gasteiger charge is -2.36. The molecule has 3 rings (SSSR count). The Kier molecular flexibility index (Phi) is 4.85. The van der Waals surface area contributed by atoms with Crippen molar-refractivity contribution < 1.29 is 9.53 Å². The van der Waals surface area contributed by atoms with Crippen molar-refractivity contribution in [1.29, 1.82) is 0 Å². The number of amides is 2. The van der Waals surface area contributed by atoms with Crippen LogP contribution in [0.3, 0.4) is 0 Å². The fourth-order valence-electron chi connectivity index (χ4n) is 3.05. The predicted octanol–water partition coefficient (Wildman–Crippen LogP) is 3.07. The van der Waals surface area contributed by atoms with Crippen molar-refractivity contribution in [2.24, 2.45) is 5.92 Å². The van der Waals surface area contributed by atoms with Gasteiger partial charge in [-0.25, -0.2) is 9.48 Å². The van der Waals surface area contributed by atoms with E-state index in [0.717, 1.165) is 30.0 Å². The normalized spacial score (nSPS) is 20.9. The quantitative estimate of drug-likeness (QED) is 0.942. The van der Waals surface area contributed by atoms with Crippen LogP contribution < -0.4 is 5.32 Å². The highest BCUT2D eigenvalue weighted by Crippen LogP contribution is 2.23. The van der Waals surface area contributed by atoms with Crippen LogP contribution in [0.5, 0.6) is 0 Å². The summed E-state index contributed by atoms with van der Waals surface area (Å²) in [6.07, 6.45) is 2.93. The standard InChI is InChI=1S/C18H24N4O2/c1-13-8-10-21(12-17(13)24-3)18(23)19-15-6-4-5-7-16(15)22-11-9-14(2)20-22/h4-7,9,11,13,17H,8,10,12H2,1-3H3,(H,19,23)/t13-,17+/m1/s1. The highest BCUT2D eigenvalue weighted by molar-refractivity contribution is 5.91. The van der Waals surface area contributed by atoms with Gasteiger partial charge in [0.25, 0.3) is 0 Å². The molecule has 128 valence electrons. The van der Waals surface area contributed by atoms with Gasteiger partial charge in [-0.1, -0.05) is 19.1 Å². The first kappa shape index (κ1) is 16.5. The highest BCUT2D eigenvalue weighted by Gasteiger charge is 2.29. The largest absolute Gasteiger partial charge is 0.379 e. The first-order chi connectivity index (χ1) is 11.6. The second-order valence-corrected chi connectivity index (χ2v) is 6.34. The smallest absolute Gasteiger partial charge is 0.321 e. The minimum Gasteiger partial charge on any atom is -0.379 e. The molecule has 6 nitrogen and oxygen atoms in total. The molecule has 2 amide bonds. The fourth-order valence-corrected chi connectivity index (χ4v) is 3.05. The molecule has 1 aliphatic rings. The van der Waals surface area contributed by atoms with Crippen molar-refractivity contribution >= 4 is 11.7 Å². The van der Waals surface area contributed by atoms with Crippen molar-refractivity contribution in [2.45, 2.75) is 26.4 Å². The van der Waals surface area contributed by atoms with Crippen molar-refractivity contribution in [3.8, 4) is 5.69 Å². The Morgan fingerprint density at radius 1 is 1.33 bits per heavy atom. The fraction of sp³-hybridized carbons (Fsp3) is 0.444. The molecule has 1 aromatic carbocycles. The van der Waals surface area contributed by atoms with Gasteiger partial charge in [-0.3, -0.25) is 0 Å². The lowest BCUT2D eigenvalue weighted by Crippen LogP contribution is -2.48. The zero-order valence-electron chi connectivity index (χ0n) is 14.4. The number of rotatable bonds is 3. The lowest BCUT2D eigenvalue weighted by molar-refractivity contribution is 0.00896. The minimum atomic E-state index is -0.0970. The Hall–Kier alpha value is -2.34. The number of likely N-dealkylation sites (tertiary alicyclic amines) is 1. The number of para-hydroxylation sites is 2. The van der Waals surface area contributed by atoms with E-state index < -0.39 is 0 Å². The predicted molar refractivity (Wildman–Crippen MR) is 93.5 cm³/mol. The maximum Gasteiger partial charge on any atom is 0.321 e. The number of methoxy groups -OCH3 is 1. The molecule has 1 fully saturated rings. The average Bonchev–Trinajstić information content (AvgIpc) is 3.02. The zero-order chi connectivity index (χ0) is 17.1. The SMILES string of the molecule is CO[C@H]1CN(C(=O)Nc2ccccc2-n2ccc(C)n2)CC[C@H]1C. The van der Waals surface area contributed by atoms with Crippen molar-refractivity contribution in [3.05, 3.63) is 42.2 Å². The number of ether oxygens (including phenoxy) is 1. The summed E-state index contributed by atoms with van der Waals surface area (Å²) in [5.41, 5.74) is 2.54. The lowest BCUT2D eigenvalue weighted by atomic mass is 9.96. The van der Waals surface area contributed by atoms with Crippen LogP contribution in [0.25, 0.3) is 5.69 Å². The molecule has 1 N–H and O–H groups in total. The van der Waals surface area contributed by atoms with Crippen LogP contribution in [0.1, 0.15) is 19.0 Å². The number of hydrogen-bond acceptors (Lipinski definition) is 3. The van der Waals surface area contributed by atoms with Crippen LogP contribution in [0.4, 0.5) is 10.5 Å². The van der Waals surface area contributed by atoms with Crippen LogP contribution in [0.15, 0.2) is 36.5 Å². The minimum absolute atomic E-state index is 0.0912. The maximum atomic E-state index is 12.7. The number of anilines is 1. The second-order valence-electron chi connectivity index (χ2n) is 6.34. The third-order valence-electron chi connectivity index (χ3n) is 4.59.